The Bertz CT molecular complexity index is 964. The number of carbonyl (C=O) groups excluding carboxylic acids is 2. The quantitative estimate of drug-likeness (QED) is 0.715. The van der Waals surface area contributed by atoms with E-state index in [0.29, 0.717) is 25.3 Å². The lowest BCUT2D eigenvalue weighted by Crippen LogP contribution is -2.37. The zero-order valence-corrected chi connectivity index (χ0v) is 15.2. The Labute approximate surface area is 162 Å². The smallest absolute Gasteiger partial charge is 0.291 e. The molecule has 3 aromatic rings. The van der Waals surface area contributed by atoms with Gasteiger partial charge in [-0.1, -0.05) is 30.3 Å². The van der Waals surface area contributed by atoms with Crippen molar-refractivity contribution in [1.29, 1.82) is 0 Å². The van der Waals surface area contributed by atoms with Crippen LogP contribution in [0.5, 0.6) is 5.75 Å². The maximum absolute atomic E-state index is 12.5. The number of carbonyl (C=O) groups is 2. The fourth-order valence-electron chi connectivity index (χ4n) is 3.14. The maximum atomic E-state index is 12.5. The first-order valence-corrected chi connectivity index (χ1v) is 9.11. The Morgan fingerprint density at radius 3 is 2.61 bits per heavy atom. The molecule has 0 radical (unpaired) electrons. The van der Waals surface area contributed by atoms with Crippen LogP contribution in [-0.2, 0) is 17.8 Å². The Morgan fingerprint density at radius 2 is 1.82 bits per heavy atom. The van der Waals surface area contributed by atoms with Gasteiger partial charge in [0.1, 0.15) is 12.4 Å². The first-order chi connectivity index (χ1) is 13.7. The number of furan rings is 1. The van der Waals surface area contributed by atoms with Crippen molar-refractivity contribution in [2.45, 2.75) is 13.0 Å². The molecule has 6 nitrogen and oxygen atoms in total. The zero-order valence-electron chi connectivity index (χ0n) is 15.2. The third-order valence-corrected chi connectivity index (χ3v) is 4.67. The van der Waals surface area contributed by atoms with Gasteiger partial charge in [-0.2, -0.15) is 0 Å². The first-order valence-electron chi connectivity index (χ1n) is 9.11. The van der Waals surface area contributed by atoms with Gasteiger partial charge in [0.2, 0.25) is 5.91 Å². The van der Waals surface area contributed by atoms with E-state index >= 15 is 0 Å². The van der Waals surface area contributed by atoms with Gasteiger partial charge in [-0.3, -0.25) is 9.59 Å². The summed E-state index contributed by atoms with van der Waals surface area (Å²) in [5.41, 5.74) is 2.67. The van der Waals surface area contributed by atoms with E-state index in [0.717, 1.165) is 16.9 Å². The number of ether oxygens (including phenoxy) is 1. The van der Waals surface area contributed by atoms with Gasteiger partial charge in [-0.05, 0) is 47.9 Å². The summed E-state index contributed by atoms with van der Waals surface area (Å²) in [6, 6.07) is 18.4. The second kappa shape index (κ2) is 8.00. The summed E-state index contributed by atoms with van der Waals surface area (Å²) >= 11 is 0. The van der Waals surface area contributed by atoms with Gasteiger partial charge in [0.25, 0.3) is 5.91 Å². The fourth-order valence-corrected chi connectivity index (χ4v) is 3.14. The topological polar surface area (TPSA) is 80.6 Å². The van der Waals surface area contributed by atoms with Gasteiger partial charge in [-0.15, -0.1) is 0 Å². The van der Waals surface area contributed by atoms with Crippen molar-refractivity contribution in [3.63, 3.8) is 0 Å². The molecular formula is C22H20N2O4. The predicted molar refractivity (Wildman–Crippen MR) is 104 cm³/mol. The predicted octanol–water partition coefficient (Wildman–Crippen LogP) is 3.40. The molecule has 2 heterocycles. The standard InChI is InChI=1S/C22H20N2O4/c25-21(17-12-16-4-1-2-5-19(16)28-14-17)23-13-15-7-9-18(10-8-15)24-22(26)20-6-3-11-27-20/h1-11,17H,12-14H2,(H,23,25)(H,24,26)/t17-/m1/s1. The molecule has 2 amide bonds. The number of hydrogen-bond donors (Lipinski definition) is 2. The summed E-state index contributed by atoms with van der Waals surface area (Å²) in [6.45, 7) is 0.810. The van der Waals surface area contributed by atoms with Crippen molar-refractivity contribution in [3.8, 4) is 5.75 Å². The molecule has 28 heavy (non-hydrogen) atoms. The van der Waals surface area contributed by atoms with Crippen LogP contribution in [0.1, 0.15) is 21.7 Å². The highest BCUT2D eigenvalue weighted by Gasteiger charge is 2.25. The van der Waals surface area contributed by atoms with Crippen LogP contribution >= 0.6 is 0 Å². The molecule has 0 fully saturated rings. The lowest BCUT2D eigenvalue weighted by atomic mass is 9.96. The Balaban J connectivity index is 1.29. The molecule has 4 rings (SSSR count). The van der Waals surface area contributed by atoms with Crippen molar-refractivity contribution in [1.82, 2.24) is 5.32 Å². The second-order valence-electron chi connectivity index (χ2n) is 6.67. The highest BCUT2D eigenvalue weighted by atomic mass is 16.5. The minimum Gasteiger partial charge on any atom is -0.492 e. The van der Waals surface area contributed by atoms with Crippen molar-refractivity contribution < 1.29 is 18.7 Å². The molecular weight excluding hydrogens is 356 g/mol. The molecule has 0 aliphatic carbocycles. The minimum absolute atomic E-state index is 0.0234. The number of nitrogens with one attached hydrogen (secondary N) is 2. The SMILES string of the molecule is O=C(Nc1ccc(CNC(=O)[C@H]2COc3ccccc3C2)cc1)c1ccco1. The highest BCUT2D eigenvalue weighted by molar-refractivity contribution is 6.02. The van der Waals surface area contributed by atoms with E-state index in [9.17, 15) is 9.59 Å². The number of anilines is 1. The molecule has 0 unspecified atom stereocenters. The summed E-state index contributed by atoms with van der Waals surface area (Å²) in [5, 5.41) is 5.72. The molecule has 0 bridgehead atoms. The van der Waals surface area contributed by atoms with E-state index in [4.69, 9.17) is 9.15 Å². The van der Waals surface area contributed by atoms with Gasteiger partial charge in [0.05, 0.1) is 12.2 Å². The molecule has 6 heteroatoms. The van der Waals surface area contributed by atoms with E-state index in [-0.39, 0.29) is 23.5 Å². The monoisotopic (exact) mass is 376 g/mol. The molecule has 142 valence electrons. The molecule has 0 saturated carbocycles. The molecule has 1 atom stereocenters. The van der Waals surface area contributed by atoms with E-state index in [1.807, 2.05) is 36.4 Å². The van der Waals surface area contributed by atoms with Gasteiger partial charge >= 0.3 is 0 Å². The number of fused-ring (bicyclic) bond motifs is 1. The maximum Gasteiger partial charge on any atom is 0.291 e. The molecule has 2 aromatic carbocycles. The van der Waals surface area contributed by atoms with Crippen molar-refractivity contribution in [2.24, 2.45) is 5.92 Å². The van der Waals surface area contributed by atoms with Gasteiger partial charge in [-0.25, -0.2) is 0 Å². The minimum atomic E-state index is -0.302. The molecule has 0 spiro atoms. The van der Waals surface area contributed by atoms with Crippen LogP contribution in [0.25, 0.3) is 0 Å². The fraction of sp³-hybridized carbons (Fsp3) is 0.182. The highest BCUT2D eigenvalue weighted by Crippen LogP contribution is 2.26. The van der Waals surface area contributed by atoms with Crippen LogP contribution < -0.4 is 15.4 Å². The van der Waals surface area contributed by atoms with Crippen LogP contribution in [0, 0.1) is 5.92 Å². The molecule has 2 N–H and O–H groups in total. The van der Waals surface area contributed by atoms with Crippen LogP contribution in [0.3, 0.4) is 0 Å². The first kappa shape index (κ1) is 17.9. The summed E-state index contributed by atoms with van der Waals surface area (Å²) in [6.07, 6.45) is 2.14. The summed E-state index contributed by atoms with van der Waals surface area (Å²) in [7, 11) is 0. The zero-order chi connectivity index (χ0) is 19.3. The van der Waals surface area contributed by atoms with Crippen LogP contribution in [-0.4, -0.2) is 18.4 Å². The van der Waals surface area contributed by atoms with Crippen molar-refractivity contribution in [2.75, 3.05) is 11.9 Å². The molecule has 0 saturated heterocycles. The second-order valence-corrected chi connectivity index (χ2v) is 6.67. The third-order valence-electron chi connectivity index (χ3n) is 4.67. The van der Waals surface area contributed by atoms with Crippen LogP contribution in [0.15, 0.2) is 71.3 Å². The number of hydrogen-bond acceptors (Lipinski definition) is 4. The number of amides is 2. The van der Waals surface area contributed by atoms with Gasteiger partial charge < -0.3 is 19.8 Å². The van der Waals surface area contributed by atoms with E-state index in [2.05, 4.69) is 10.6 Å². The molecule has 1 aromatic heterocycles. The Morgan fingerprint density at radius 1 is 1.00 bits per heavy atom. The molecule has 1 aliphatic rings. The summed E-state index contributed by atoms with van der Waals surface area (Å²) in [5.74, 6) is 0.599. The lowest BCUT2D eigenvalue weighted by Gasteiger charge is -2.24. The lowest BCUT2D eigenvalue weighted by molar-refractivity contribution is -0.126. The van der Waals surface area contributed by atoms with E-state index in [1.165, 1.54) is 6.26 Å². The number of rotatable bonds is 5. The number of para-hydroxylation sites is 1. The largest absolute Gasteiger partial charge is 0.492 e. The average Bonchev–Trinajstić information content (AvgIpc) is 3.28. The normalized spacial score (nSPS) is 15.2. The summed E-state index contributed by atoms with van der Waals surface area (Å²) in [4.78, 5) is 24.4. The average molecular weight is 376 g/mol. The number of benzene rings is 2. The van der Waals surface area contributed by atoms with Crippen LogP contribution in [0.4, 0.5) is 5.69 Å². The van der Waals surface area contributed by atoms with E-state index < -0.39 is 0 Å². The van der Waals surface area contributed by atoms with Gasteiger partial charge in [0.15, 0.2) is 5.76 Å². The van der Waals surface area contributed by atoms with Crippen LogP contribution in [0.2, 0.25) is 0 Å². The van der Waals surface area contributed by atoms with Gasteiger partial charge in [0, 0.05) is 12.2 Å². The molecule has 1 aliphatic heterocycles. The van der Waals surface area contributed by atoms with Crippen molar-refractivity contribution >= 4 is 17.5 Å². The Kier molecular flexibility index (Phi) is 5.10. The Hall–Kier alpha value is -3.54. The third kappa shape index (κ3) is 4.06. The summed E-state index contributed by atoms with van der Waals surface area (Å²) < 4.78 is 10.7. The van der Waals surface area contributed by atoms with E-state index in [1.54, 1.807) is 24.3 Å². The van der Waals surface area contributed by atoms with Crippen molar-refractivity contribution in [3.05, 3.63) is 83.8 Å².